The van der Waals surface area contributed by atoms with E-state index in [0.717, 1.165) is 12.0 Å². The minimum Gasteiger partial charge on any atom is -0.299 e. The number of Topliss-reactive ketones (excluding diaryl/α,β-unsaturated/α-hetero) is 1. The summed E-state index contributed by atoms with van der Waals surface area (Å²) in [7, 11) is 0. The largest absolute Gasteiger partial charge is 0.299 e. The van der Waals surface area contributed by atoms with Crippen molar-refractivity contribution < 1.29 is 9.18 Å². The molecule has 0 N–H and O–H groups in total. The molecule has 0 heterocycles. The number of rotatable bonds is 5. The highest BCUT2D eigenvalue weighted by atomic mass is 35.5. The van der Waals surface area contributed by atoms with Gasteiger partial charge in [-0.05, 0) is 23.6 Å². The first-order valence-corrected chi connectivity index (χ1v) is 5.86. The third-order valence-corrected chi connectivity index (χ3v) is 2.95. The van der Waals surface area contributed by atoms with Crippen LogP contribution in [0.5, 0.6) is 0 Å². The molecule has 0 radical (unpaired) electrons. The zero-order valence-corrected chi connectivity index (χ0v) is 10.4. The molecule has 1 unspecified atom stereocenters. The molecule has 1 nitrogen and oxygen atoms in total. The van der Waals surface area contributed by atoms with E-state index in [2.05, 4.69) is 13.8 Å². The maximum absolute atomic E-state index is 12.9. The molecule has 1 aromatic rings. The van der Waals surface area contributed by atoms with E-state index < -0.39 is 5.82 Å². The summed E-state index contributed by atoms with van der Waals surface area (Å²) >= 11 is 5.64. The van der Waals surface area contributed by atoms with Gasteiger partial charge in [-0.15, -0.1) is 0 Å². The van der Waals surface area contributed by atoms with Crippen LogP contribution in [0.4, 0.5) is 4.39 Å². The summed E-state index contributed by atoms with van der Waals surface area (Å²) in [5.74, 6) is 0.139. The van der Waals surface area contributed by atoms with Crippen molar-refractivity contribution >= 4 is 17.4 Å². The Kier molecular flexibility index (Phi) is 4.94. The molecule has 1 aromatic carbocycles. The van der Waals surface area contributed by atoms with Crippen LogP contribution in [-0.4, -0.2) is 5.78 Å². The molecule has 0 saturated heterocycles. The van der Waals surface area contributed by atoms with Gasteiger partial charge in [-0.1, -0.05) is 37.9 Å². The highest BCUT2D eigenvalue weighted by Crippen LogP contribution is 2.17. The summed E-state index contributed by atoms with van der Waals surface area (Å²) in [5, 5.41) is 0.0776. The zero-order chi connectivity index (χ0) is 12.1. The Balaban J connectivity index is 2.59. The molecule has 0 saturated carbocycles. The molecule has 1 rings (SSSR count). The van der Waals surface area contributed by atoms with Crippen LogP contribution in [-0.2, 0) is 11.2 Å². The van der Waals surface area contributed by atoms with Crippen LogP contribution in [0.2, 0.25) is 5.02 Å². The monoisotopic (exact) mass is 242 g/mol. The standard InChI is InChI=1S/C13H16ClFO/c1-3-9(2)6-11(16)7-10-4-5-13(15)12(14)8-10/h4-5,8-9H,3,6-7H2,1-2H3. The van der Waals surface area contributed by atoms with Crippen molar-refractivity contribution in [3.05, 3.63) is 34.6 Å². The van der Waals surface area contributed by atoms with Crippen LogP contribution in [0.25, 0.3) is 0 Å². The van der Waals surface area contributed by atoms with E-state index in [1.54, 1.807) is 6.07 Å². The first-order chi connectivity index (χ1) is 7.52. The Morgan fingerprint density at radius 3 is 2.75 bits per heavy atom. The number of ketones is 1. The van der Waals surface area contributed by atoms with E-state index in [0.29, 0.717) is 18.8 Å². The number of benzene rings is 1. The molecule has 0 aliphatic heterocycles. The van der Waals surface area contributed by atoms with Crippen molar-refractivity contribution in [3.63, 3.8) is 0 Å². The fourth-order valence-corrected chi connectivity index (χ4v) is 1.69. The van der Waals surface area contributed by atoms with Gasteiger partial charge in [0, 0.05) is 12.8 Å². The van der Waals surface area contributed by atoms with Gasteiger partial charge in [-0.3, -0.25) is 4.79 Å². The number of halogens is 2. The predicted molar refractivity (Wildman–Crippen MR) is 64.2 cm³/mol. The highest BCUT2D eigenvalue weighted by molar-refractivity contribution is 6.30. The van der Waals surface area contributed by atoms with Gasteiger partial charge in [0.05, 0.1) is 5.02 Å². The van der Waals surface area contributed by atoms with E-state index in [-0.39, 0.29) is 10.8 Å². The number of hydrogen-bond donors (Lipinski definition) is 0. The van der Waals surface area contributed by atoms with Gasteiger partial charge in [0.15, 0.2) is 0 Å². The summed E-state index contributed by atoms with van der Waals surface area (Å²) in [5.41, 5.74) is 0.778. The quantitative estimate of drug-likeness (QED) is 0.762. The van der Waals surface area contributed by atoms with Gasteiger partial charge in [0.2, 0.25) is 0 Å². The average molecular weight is 243 g/mol. The van der Waals surface area contributed by atoms with Crippen molar-refractivity contribution in [2.45, 2.75) is 33.1 Å². The van der Waals surface area contributed by atoms with Gasteiger partial charge in [-0.2, -0.15) is 0 Å². The third-order valence-electron chi connectivity index (χ3n) is 2.66. The third kappa shape index (κ3) is 3.93. The van der Waals surface area contributed by atoms with Crippen LogP contribution >= 0.6 is 11.6 Å². The van der Waals surface area contributed by atoms with Crippen molar-refractivity contribution in [2.75, 3.05) is 0 Å². The molecule has 88 valence electrons. The summed E-state index contributed by atoms with van der Waals surface area (Å²) in [6.45, 7) is 4.11. The zero-order valence-electron chi connectivity index (χ0n) is 9.59. The van der Waals surface area contributed by atoms with Gasteiger partial charge < -0.3 is 0 Å². The second-order valence-electron chi connectivity index (χ2n) is 4.18. The summed E-state index contributed by atoms with van der Waals surface area (Å²) < 4.78 is 12.9. The van der Waals surface area contributed by atoms with E-state index in [1.807, 2.05) is 0 Å². The molecule has 0 fully saturated rings. The van der Waals surface area contributed by atoms with Gasteiger partial charge in [-0.25, -0.2) is 4.39 Å². The molecule has 3 heteroatoms. The Hall–Kier alpha value is -0.890. The van der Waals surface area contributed by atoms with Crippen LogP contribution in [0.1, 0.15) is 32.3 Å². The number of hydrogen-bond acceptors (Lipinski definition) is 1. The SMILES string of the molecule is CCC(C)CC(=O)Cc1ccc(F)c(Cl)c1. The van der Waals surface area contributed by atoms with Crippen LogP contribution in [0.3, 0.4) is 0 Å². The van der Waals surface area contributed by atoms with Crippen molar-refractivity contribution in [1.29, 1.82) is 0 Å². The number of carbonyl (C=O) groups excluding carboxylic acids is 1. The molecular formula is C13H16ClFO. The van der Waals surface area contributed by atoms with E-state index in [1.165, 1.54) is 12.1 Å². The van der Waals surface area contributed by atoms with Crippen LogP contribution in [0, 0.1) is 11.7 Å². The Morgan fingerprint density at radius 1 is 1.50 bits per heavy atom. The molecule has 0 amide bonds. The second-order valence-corrected chi connectivity index (χ2v) is 4.59. The maximum Gasteiger partial charge on any atom is 0.141 e. The molecular weight excluding hydrogens is 227 g/mol. The summed E-state index contributed by atoms with van der Waals surface area (Å²) in [6, 6.07) is 4.43. The smallest absolute Gasteiger partial charge is 0.141 e. The van der Waals surface area contributed by atoms with Crippen LogP contribution < -0.4 is 0 Å². The van der Waals surface area contributed by atoms with E-state index >= 15 is 0 Å². The minimum absolute atomic E-state index is 0.0776. The lowest BCUT2D eigenvalue weighted by Gasteiger charge is -2.07. The lowest BCUT2D eigenvalue weighted by molar-refractivity contribution is -0.119. The predicted octanol–water partition coefficient (Wildman–Crippen LogP) is 4.03. The molecule has 1 atom stereocenters. The molecule has 0 aromatic heterocycles. The Labute approximate surface area is 101 Å². The average Bonchev–Trinajstić information content (AvgIpc) is 2.23. The van der Waals surface area contributed by atoms with Gasteiger partial charge in [0.1, 0.15) is 11.6 Å². The van der Waals surface area contributed by atoms with Crippen molar-refractivity contribution in [3.8, 4) is 0 Å². The molecule has 16 heavy (non-hydrogen) atoms. The molecule has 0 aliphatic rings. The maximum atomic E-state index is 12.9. The second kappa shape index (κ2) is 6.00. The molecule has 0 aliphatic carbocycles. The van der Waals surface area contributed by atoms with Gasteiger partial charge >= 0.3 is 0 Å². The van der Waals surface area contributed by atoms with Crippen LogP contribution in [0.15, 0.2) is 18.2 Å². The van der Waals surface area contributed by atoms with Crippen molar-refractivity contribution in [2.24, 2.45) is 5.92 Å². The Morgan fingerprint density at radius 2 is 2.19 bits per heavy atom. The summed E-state index contributed by atoms with van der Waals surface area (Å²) in [4.78, 5) is 11.6. The summed E-state index contributed by atoms with van der Waals surface area (Å²) in [6.07, 6.45) is 1.91. The minimum atomic E-state index is -0.445. The van der Waals surface area contributed by atoms with Crippen molar-refractivity contribution in [1.82, 2.24) is 0 Å². The number of carbonyl (C=O) groups is 1. The van der Waals surface area contributed by atoms with E-state index in [4.69, 9.17) is 11.6 Å². The molecule has 0 spiro atoms. The topological polar surface area (TPSA) is 17.1 Å². The first kappa shape index (κ1) is 13.2. The fraction of sp³-hybridized carbons (Fsp3) is 0.462. The van der Waals surface area contributed by atoms with Gasteiger partial charge in [0.25, 0.3) is 0 Å². The normalized spacial score (nSPS) is 12.5. The first-order valence-electron chi connectivity index (χ1n) is 5.48. The lowest BCUT2D eigenvalue weighted by Crippen LogP contribution is -2.07. The Bertz CT molecular complexity index is 376. The fourth-order valence-electron chi connectivity index (χ4n) is 1.48. The molecule has 0 bridgehead atoms. The highest BCUT2D eigenvalue weighted by Gasteiger charge is 2.09. The lowest BCUT2D eigenvalue weighted by atomic mass is 9.98. The van der Waals surface area contributed by atoms with E-state index in [9.17, 15) is 9.18 Å².